The predicted molar refractivity (Wildman–Crippen MR) is 122 cm³/mol. The summed E-state index contributed by atoms with van der Waals surface area (Å²) in [5.74, 6) is 0.869. The minimum absolute atomic E-state index is 0.768. The number of methoxy groups -OCH3 is 1. The van der Waals surface area contributed by atoms with Gasteiger partial charge in [0.1, 0.15) is 11.4 Å². The van der Waals surface area contributed by atoms with Crippen LogP contribution in [0.1, 0.15) is 36.1 Å². The zero-order valence-electron chi connectivity index (χ0n) is 16.8. The summed E-state index contributed by atoms with van der Waals surface area (Å²) in [6.45, 7) is 0.768. The van der Waals surface area contributed by atoms with Crippen LogP contribution in [-0.4, -0.2) is 23.6 Å². The lowest BCUT2D eigenvalue weighted by Gasteiger charge is -2.01. The largest absolute Gasteiger partial charge is 0.497 e. The van der Waals surface area contributed by atoms with Crippen LogP contribution in [0.4, 0.5) is 0 Å². The fraction of sp³-hybridized carbons (Fsp3) is 0.240. The summed E-state index contributed by atoms with van der Waals surface area (Å²) in [7, 11) is 1.68. The highest BCUT2D eigenvalue weighted by molar-refractivity contribution is 6.06. The van der Waals surface area contributed by atoms with E-state index in [1.54, 1.807) is 7.11 Å². The van der Waals surface area contributed by atoms with E-state index in [-0.39, 0.29) is 0 Å². The van der Waals surface area contributed by atoms with Crippen LogP contribution in [0.15, 0.2) is 54.6 Å². The monoisotopic (exact) mass is 385 g/mol. The number of nitrogens with zero attached hydrogens (tertiary/aromatic N) is 1. The molecule has 4 heteroatoms. The average molecular weight is 386 g/mol. The molecule has 0 aliphatic rings. The maximum absolute atomic E-state index is 5.57. The molecule has 4 nitrogen and oxygen atoms in total. The molecule has 0 aliphatic carbocycles. The van der Waals surface area contributed by atoms with E-state index in [4.69, 9.17) is 15.5 Å². The molecule has 0 fully saturated rings. The van der Waals surface area contributed by atoms with Crippen molar-refractivity contribution in [3.63, 3.8) is 0 Å². The van der Waals surface area contributed by atoms with Gasteiger partial charge >= 0.3 is 0 Å². The lowest BCUT2D eigenvalue weighted by Crippen LogP contribution is -1.98. The third kappa shape index (κ3) is 4.49. The number of unbranched alkanes of at least 4 members (excludes halogenated alkanes) is 2. The van der Waals surface area contributed by atoms with Crippen molar-refractivity contribution in [2.24, 2.45) is 5.73 Å². The van der Waals surface area contributed by atoms with Crippen molar-refractivity contribution in [3.05, 3.63) is 71.4 Å². The third-order valence-corrected chi connectivity index (χ3v) is 5.26. The van der Waals surface area contributed by atoms with Crippen molar-refractivity contribution in [3.8, 4) is 5.75 Å². The van der Waals surface area contributed by atoms with Crippen LogP contribution in [0, 0.1) is 0 Å². The first-order valence-corrected chi connectivity index (χ1v) is 10.2. The Hall–Kier alpha value is -3.11. The molecule has 0 radical (unpaired) electrons. The zero-order valence-corrected chi connectivity index (χ0v) is 16.8. The van der Waals surface area contributed by atoms with Gasteiger partial charge in [-0.25, -0.2) is 4.98 Å². The summed E-state index contributed by atoms with van der Waals surface area (Å²) in [5, 5.41) is 2.38. The van der Waals surface area contributed by atoms with Crippen molar-refractivity contribution in [1.82, 2.24) is 9.97 Å². The molecule has 0 bridgehead atoms. The molecule has 2 heterocycles. The van der Waals surface area contributed by atoms with Crippen molar-refractivity contribution >= 4 is 34.1 Å². The summed E-state index contributed by atoms with van der Waals surface area (Å²) in [6, 6.07) is 18.9. The minimum atomic E-state index is 0.768. The number of pyridine rings is 1. The van der Waals surface area contributed by atoms with E-state index >= 15 is 0 Å². The van der Waals surface area contributed by atoms with Gasteiger partial charge in [-0.15, -0.1) is 0 Å². The number of aryl methyl sites for hydroxylation is 1. The second-order valence-corrected chi connectivity index (χ2v) is 7.33. The second-order valence-electron chi connectivity index (χ2n) is 7.33. The molecular weight excluding hydrogens is 358 g/mol. The predicted octanol–water partition coefficient (Wildman–Crippen LogP) is 5.57. The zero-order chi connectivity index (χ0) is 20.1. The van der Waals surface area contributed by atoms with Gasteiger partial charge in [0.25, 0.3) is 0 Å². The molecule has 2 aromatic carbocycles. The van der Waals surface area contributed by atoms with E-state index in [0.717, 1.165) is 60.4 Å². The van der Waals surface area contributed by atoms with E-state index in [1.165, 1.54) is 16.3 Å². The van der Waals surface area contributed by atoms with E-state index in [9.17, 15) is 0 Å². The number of fused-ring (bicyclic) bond motifs is 3. The molecule has 0 saturated carbocycles. The van der Waals surface area contributed by atoms with Gasteiger partial charge in [0, 0.05) is 22.0 Å². The van der Waals surface area contributed by atoms with Crippen molar-refractivity contribution in [2.45, 2.75) is 25.7 Å². The molecule has 148 valence electrons. The number of rotatable bonds is 8. The van der Waals surface area contributed by atoms with Gasteiger partial charge in [-0.2, -0.15) is 0 Å². The van der Waals surface area contributed by atoms with Crippen molar-refractivity contribution in [2.75, 3.05) is 13.7 Å². The molecule has 0 atom stereocenters. The number of H-pyrrole nitrogens is 1. The number of ether oxygens (including phenoxy) is 1. The van der Waals surface area contributed by atoms with Gasteiger partial charge in [0.2, 0.25) is 0 Å². The quantitative estimate of drug-likeness (QED) is 0.308. The number of nitrogens with two attached hydrogens (primary N) is 1. The Morgan fingerprint density at radius 2 is 1.69 bits per heavy atom. The SMILES string of the molecule is COc1ccc(C=Cc2ccc3[nH]c4nc(CCCCCN)ccc4c3c2)cc1. The van der Waals surface area contributed by atoms with Gasteiger partial charge in [0.05, 0.1) is 7.11 Å². The van der Waals surface area contributed by atoms with Crippen LogP contribution in [0.3, 0.4) is 0 Å². The second kappa shape index (κ2) is 8.93. The average Bonchev–Trinajstić information content (AvgIpc) is 3.12. The number of hydrogen-bond acceptors (Lipinski definition) is 3. The minimum Gasteiger partial charge on any atom is -0.497 e. The Balaban J connectivity index is 1.56. The standard InChI is InChI=1S/C25H27N3O/c1-29-21-12-8-18(9-13-21)6-7-19-10-15-24-23(17-19)22-14-11-20(27-25(22)28-24)5-3-2-4-16-26/h6-15,17H,2-5,16,26H2,1H3,(H,27,28). The third-order valence-electron chi connectivity index (χ3n) is 5.26. The smallest absolute Gasteiger partial charge is 0.138 e. The number of nitrogens with one attached hydrogen (secondary N) is 1. The molecule has 3 N–H and O–H groups in total. The van der Waals surface area contributed by atoms with E-state index in [1.807, 2.05) is 12.1 Å². The van der Waals surface area contributed by atoms with Gasteiger partial charge < -0.3 is 15.5 Å². The fourth-order valence-corrected chi connectivity index (χ4v) is 3.61. The van der Waals surface area contributed by atoms with Crippen LogP contribution in [0.2, 0.25) is 0 Å². The molecule has 0 amide bonds. The molecule has 4 rings (SSSR count). The van der Waals surface area contributed by atoms with Crippen LogP contribution in [-0.2, 0) is 6.42 Å². The normalized spacial score (nSPS) is 11.7. The number of aromatic amines is 1. The lowest BCUT2D eigenvalue weighted by atomic mass is 10.1. The molecule has 0 saturated heterocycles. The molecular formula is C25H27N3O. The van der Waals surface area contributed by atoms with Crippen LogP contribution in [0.25, 0.3) is 34.1 Å². The van der Waals surface area contributed by atoms with Gasteiger partial charge in [-0.3, -0.25) is 0 Å². The first-order valence-electron chi connectivity index (χ1n) is 10.2. The van der Waals surface area contributed by atoms with Crippen molar-refractivity contribution in [1.29, 1.82) is 0 Å². The summed E-state index contributed by atoms with van der Waals surface area (Å²) in [4.78, 5) is 8.30. The maximum atomic E-state index is 5.57. The van der Waals surface area contributed by atoms with Gasteiger partial charge in [-0.1, -0.05) is 36.8 Å². The van der Waals surface area contributed by atoms with E-state index < -0.39 is 0 Å². The molecule has 4 aromatic rings. The van der Waals surface area contributed by atoms with E-state index in [0.29, 0.717) is 0 Å². The topological polar surface area (TPSA) is 63.9 Å². The lowest BCUT2D eigenvalue weighted by molar-refractivity contribution is 0.415. The highest BCUT2D eigenvalue weighted by atomic mass is 16.5. The van der Waals surface area contributed by atoms with Crippen LogP contribution < -0.4 is 10.5 Å². The Morgan fingerprint density at radius 3 is 2.48 bits per heavy atom. The molecule has 2 aromatic heterocycles. The van der Waals surface area contributed by atoms with Crippen molar-refractivity contribution < 1.29 is 4.74 Å². The van der Waals surface area contributed by atoms with Gasteiger partial charge in [0.15, 0.2) is 0 Å². The maximum Gasteiger partial charge on any atom is 0.138 e. The Labute approximate surface area is 171 Å². The summed E-state index contributed by atoms with van der Waals surface area (Å²) in [5.41, 5.74) is 11.1. The number of benzene rings is 2. The summed E-state index contributed by atoms with van der Waals surface area (Å²) in [6.07, 6.45) is 8.64. The Kier molecular flexibility index (Phi) is 5.92. The number of aromatic nitrogens is 2. The Morgan fingerprint density at radius 1 is 0.897 bits per heavy atom. The molecule has 0 spiro atoms. The van der Waals surface area contributed by atoms with Crippen LogP contribution in [0.5, 0.6) is 5.75 Å². The highest BCUT2D eigenvalue weighted by Crippen LogP contribution is 2.26. The first-order chi connectivity index (χ1) is 14.3. The van der Waals surface area contributed by atoms with E-state index in [2.05, 4.69) is 59.6 Å². The summed E-state index contributed by atoms with van der Waals surface area (Å²) < 4.78 is 5.21. The Bertz CT molecular complexity index is 1130. The number of hydrogen-bond donors (Lipinski definition) is 2. The first kappa shape index (κ1) is 19.2. The molecule has 29 heavy (non-hydrogen) atoms. The molecule has 0 unspecified atom stereocenters. The molecule has 0 aliphatic heterocycles. The highest BCUT2D eigenvalue weighted by Gasteiger charge is 2.07. The summed E-state index contributed by atoms with van der Waals surface area (Å²) >= 11 is 0. The van der Waals surface area contributed by atoms with Gasteiger partial charge in [-0.05, 0) is 73.3 Å². The van der Waals surface area contributed by atoms with Crippen LogP contribution >= 0.6 is 0 Å². The fourth-order valence-electron chi connectivity index (χ4n) is 3.61.